The molecule has 2 N–H and O–H groups in total. The number of ether oxygens (including phenoxy) is 4. The zero-order valence-electron chi connectivity index (χ0n) is 21.7. The maximum absolute atomic E-state index is 12.5. The second-order valence-corrected chi connectivity index (χ2v) is 8.50. The largest absolute Gasteiger partial charge is 0.504 e. The number of phenolic OH excluding ortho intramolecular Hbond substituents is 2. The van der Waals surface area contributed by atoms with E-state index in [0.29, 0.717) is 71.4 Å². The average Bonchev–Trinajstić information content (AvgIpc) is 2.84. The fraction of sp³-hybridized carbons (Fsp3) is 0.667. The highest BCUT2D eigenvalue weighted by molar-refractivity contribution is 5.84. The Hall–Kier alpha value is -2.65. The first-order chi connectivity index (χ1) is 17.4. The predicted octanol–water partition coefficient (Wildman–Crippen LogP) is 4.11. The van der Waals surface area contributed by atoms with Gasteiger partial charge in [-0.25, -0.2) is 0 Å². The maximum atomic E-state index is 12.5. The summed E-state index contributed by atoms with van der Waals surface area (Å²) in [5.74, 6) is -1.50. The summed E-state index contributed by atoms with van der Waals surface area (Å²) in [5.41, 5.74) is 0.827. The van der Waals surface area contributed by atoms with E-state index in [0.717, 1.165) is 12.0 Å². The topological polar surface area (TPSA) is 129 Å². The number of esters is 2. The fourth-order valence-corrected chi connectivity index (χ4v) is 3.64. The Morgan fingerprint density at radius 3 is 2.28 bits per heavy atom. The molecule has 0 saturated carbocycles. The highest BCUT2D eigenvalue weighted by Crippen LogP contribution is 2.26. The molecule has 0 heterocycles. The van der Waals surface area contributed by atoms with Crippen LogP contribution in [0, 0.1) is 5.92 Å². The first-order valence-corrected chi connectivity index (χ1v) is 12.9. The number of carbonyl (C=O) groups is 3. The Kier molecular flexibility index (Phi) is 17.0. The Labute approximate surface area is 214 Å². The molecule has 0 fully saturated rings. The molecule has 0 aromatic heterocycles. The van der Waals surface area contributed by atoms with Crippen LogP contribution < -0.4 is 0 Å². The van der Waals surface area contributed by atoms with Crippen LogP contribution in [-0.4, -0.2) is 67.6 Å². The van der Waals surface area contributed by atoms with Gasteiger partial charge in [0.25, 0.3) is 0 Å². The maximum Gasteiger partial charge on any atom is 0.309 e. The van der Waals surface area contributed by atoms with Gasteiger partial charge in [0.15, 0.2) is 11.5 Å². The van der Waals surface area contributed by atoms with Gasteiger partial charge in [0.05, 0.1) is 32.3 Å². The highest BCUT2D eigenvalue weighted by atomic mass is 16.6. The van der Waals surface area contributed by atoms with Crippen molar-refractivity contribution in [3.63, 3.8) is 0 Å². The van der Waals surface area contributed by atoms with E-state index in [1.807, 2.05) is 6.92 Å². The molecule has 1 rings (SSSR count). The molecular weight excluding hydrogens is 468 g/mol. The van der Waals surface area contributed by atoms with Gasteiger partial charge in [-0.3, -0.25) is 14.4 Å². The molecular formula is C27H42O9. The molecule has 0 aliphatic heterocycles. The summed E-state index contributed by atoms with van der Waals surface area (Å²) in [5, 5.41) is 18.9. The molecule has 9 nitrogen and oxygen atoms in total. The smallest absolute Gasteiger partial charge is 0.309 e. The van der Waals surface area contributed by atoms with Gasteiger partial charge in [0.1, 0.15) is 12.4 Å². The SMILES string of the molecule is CCOCCOCCOC(=O)CCCCCC(CC(=O)CCCc1ccc(O)c(O)c1)C(=O)OCC. The Bertz CT molecular complexity index is 779. The first kappa shape index (κ1) is 31.4. The summed E-state index contributed by atoms with van der Waals surface area (Å²) in [7, 11) is 0. The minimum absolute atomic E-state index is 0.0110. The minimum atomic E-state index is -0.490. The minimum Gasteiger partial charge on any atom is -0.504 e. The van der Waals surface area contributed by atoms with Crippen LogP contribution >= 0.6 is 0 Å². The van der Waals surface area contributed by atoms with E-state index in [1.165, 1.54) is 12.1 Å². The van der Waals surface area contributed by atoms with Crippen LogP contribution in [0.2, 0.25) is 0 Å². The number of unbranched alkanes of at least 4 members (excludes halogenated alkanes) is 2. The summed E-state index contributed by atoms with van der Waals surface area (Å²) < 4.78 is 20.7. The van der Waals surface area contributed by atoms with Crippen LogP contribution in [0.25, 0.3) is 0 Å². The van der Waals surface area contributed by atoms with Crippen molar-refractivity contribution in [2.75, 3.05) is 39.6 Å². The van der Waals surface area contributed by atoms with Gasteiger partial charge in [-0.1, -0.05) is 18.9 Å². The fourth-order valence-electron chi connectivity index (χ4n) is 3.64. The van der Waals surface area contributed by atoms with Gasteiger partial charge < -0.3 is 29.2 Å². The molecule has 1 atom stereocenters. The predicted molar refractivity (Wildman–Crippen MR) is 134 cm³/mol. The van der Waals surface area contributed by atoms with Crippen LogP contribution in [0.4, 0.5) is 0 Å². The standard InChI is InChI=1S/C27H42O9/c1-3-33-15-16-34-17-18-36-26(31)12-7-5-6-10-22(27(32)35-4-2)20-23(28)11-8-9-21-13-14-24(29)25(30)19-21/h13-14,19,22,29-30H,3-12,15-18,20H2,1-2H3. The van der Waals surface area contributed by atoms with Crippen molar-refractivity contribution < 1.29 is 43.5 Å². The molecule has 0 radical (unpaired) electrons. The van der Waals surface area contributed by atoms with E-state index in [9.17, 15) is 24.6 Å². The van der Waals surface area contributed by atoms with Crippen LogP contribution in [0.15, 0.2) is 18.2 Å². The molecule has 36 heavy (non-hydrogen) atoms. The van der Waals surface area contributed by atoms with Gasteiger partial charge in [0.2, 0.25) is 0 Å². The number of aryl methyl sites for hydroxylation is 1. The van der Waals surface area contributed by atoms with Crippen molar-refractivity contribution in [3.05, 3.63) is 23.8 Å². The molecule has 1 aromatic carbocycles. The Balaban J connectivity index is 2.26. The van der Waals surface area contributed by atoms with Crippen molar-refractivity contribution >= 4 is 17.7 Å². The third-order valence-corrected chi connectivity index (χ3v) is 5.56. The lowest BCUT2D eigenvalue weighted by Gasteiger charge is -2.15. The third kappa shape index (κ3) is 14.7. The van der Waals surface area contributed by atoms with Gasteiger partial charge in [0, 0.05) is 25.9 Å². The Morgan fingerprint density at radius 1 is 0.806 bits per heavy atom. The van der Waals surface area contributed by atoms with E-state index >= 15 is 0 Å². The van der Waals surface area contributed by atoms with E-state index in [4.69, 9.17) is 18.9 Å². The van der Waals surface area contributed by atoms with Crippen LogP contribution in [0.3, 0.4) is 0 Å². The number of hydrogen-bond donors (Lipinski definition) is 2. The summed E-state index contributed by atoms with van der Waals surface area (Å²) in [6, 6.07) is 4.60. The quantitative estimate of drug-likeness (QED) is 0.143. The lowest BCUT2D eigenvalue weighted by molar-refractivity contribution is -0.150. The third-order valence-electron chi connectivity index (χ3n) is 5.56. The zero-order chi connectivity index (χ0) is 26.6. The van der Waals surface area contributed by atoms with E-state index in [2.05, 4.69) is 0 Å². The number of ketones is 1. The number of aromatic hydroxyl groups is 2. The van der Waals surface area contributed by atoms with Crippen LogP contribution in [0.1, 0.15) is 70.8 Å². The summed E-state index contributed by atoms with van der Waals surface area (Å²) >= 11 is 0. The summed E-state index contributed by atoms with van der Waals surface area (Å²) in [6.45, 7) is 6.10. The van der Waals surface area contributed by atoms with Crippen molar-refractivity contribution in [3.8, 4) is 11.5 Å². The Morgan fingerprint density at radius 2 is 1.56 bits per heavy atom. The first-order valence-electron chi connectivity index (χ1n) is 12.9. The van der Waals surface area contributed by atoms with Crippen molar-refractivity contribution in [2.45, 2.75) is 71.6 Å². The molecule has 0 aliphatic rings. The summed E-state index contributed by atoms with van der Waals surface area (Å²) in [6.07, 6.45) is 4.54. The van der Waals surface area contributed by atoms with Crippen molar-refractivity contribution in [1.29, 1.82) is 0 Å². The van der Waals surface area contributed by atoms with Gasteiger partial charge in [-0.2, -0.15) is 0 Å². The number of Topliss-reactive ketones (excluding diaryl/α,β-unsaturated/α-hetero) is 1. The number of rotatable bonds is 21. The van der Waals surface area contributed by atoms with Gasteiger partial charge >= 0.3 is 11.9 Å². The van der Waals surface area contributed by atoms with Crippen LogP contribution in [0.5, 0.6) is 11.5 Å². The van der Waals surface area contributed by atoms with Crippen LogP contribution in [-0.2, 0) is 39.8 Å². The van der Waals surface area contributed by atoms with Crippen molar-refractivity contribution in [2.24, 2.45) is 5.92 Å². The molecule has 0 saturated heterocycles. The van der Waals surface area contributed by atoms with E-state index < -0.39 is 5.92 Å². The lowest BCUT2D eigenvalue weighted by Crippen LogP contribution is -2.21. The van der Waals surface area contributed by atoms with E-state index in [1.54, 1.807) is 13.0 Å². The molecule has 0 amide bonds. The number of carbonyl (C=O) groups excluding carboxylic acids is 3. The number of benzene rings is 1. The molecule has 0 spiro atoms. The van der Waals surface area contributed by atoms with Crippen molar-refractivity contribution in [1.82, 2.24) is 0 Å². The highest BCUT2D eigenvalue weighted by Gasteiger charge is 2.22. The molecule has 204 valence electrons. The lowest BCUT2D eigenvalue weighted by atomic mass is 9.93. The van der Waals surface area contributed by atoms with Gasteiger partial charge in [-0.15, -0.1) is 0 Å². The number of phenols is 2. The molecule has 0 aliphatic carbocycles. The molecule has 9 heteroatoms. The van der Waals surface area contributed by atoms with Gasteiger partial charge in [-0.05, 0) is 57.2 Å². The second kappa shape index (κ2) is 19.5. The molecule has 0 bridgehead atoms. The monoisotopic (exact) mass is 510 g/mol. The normalized spacial score (nSPS) is 11.7. The summed E-state index contributed by atoms with van der Waals surface area (Å²) in [4.78, 5) is 36.6. The molecule has 1 unspecified atom stereocenters. The zero-order valence-corrected chi connectivity index (χ0v) is 21.7. The number of hydrogen-bond acceptors (Lipinski definition) is 9. The second-order valence-electron chi connectivity index (χ2n) is 8.50. The van der Waals surface area contributed by atoms with E-state index in [-0.39, 0.29) is 48.9 Å². The average molecular weight is 511 g/mol. The molecule has 1 aromatic rings.